The number of aryl methyl sites for hydroxylation is 1. The van der Waals surface area contributed by atoms with Crippen molar-refractivity contribution in [2.24, 2.45) is 0 Å². The van der Waals surface area contributed by atoms with Gasteiger partial charge in [-0.05, 0) is 50.1 Å². The van der Waals surface area contributed by atoms with Crippen LogP contribution in [0.25, 0.3) is 5.69 Å². The minimum atomic E-state index is 0.0376. The number of hydrogen-bond donors (Lipinski definition) is 1. The normalized spacial score (nSPS) is 16.2. The summed E-state index contributed by atoms with van der Waals surface area (Å²) in [6, 6.07) is 9.95. The second-order valence-corrected chi connectivity index (χ2v) is 6.09. The molecule has 1 aromatic heterocycles. The number of rotatable bonds is 3. The van der Waals surface area contributed by atoms with Crippen LogP contribution < -0.4 is 5.32 Å². The Bertz CT molecular complexity index is 622. The maximum absolute atomic E-state index is 12.4. The molecule has 0 saturated heterocycles. The Kier molecular flexibility index (Phi) is 4.56. The fourth-order valence-corrected chi connectivity index (χ4v) is 3.09. The van der Waals surface area contributed by atoms with E-state index in [9.17, 15) is 4.79 Å². The molecule has 4 nitrogen and oxygen atoms in total. The maximum Gasteiger partial charge on any atom is 0.251 e. The van der Waals surface area contributed by atoms with Crippen molar-refractivity contribution < 1.29 is 4.79 Å². The summed E-state index contributed by atoms with van der Waals surface area (Å²) in [6.45, 7) is 2.01. The van der Waals surface area contributed by atoms with Gasteiger partial charge in [0.2, 0.25) is 0 Å². The van der Waals surface area contributed by atoms with Gasteiger partial charge in [0, 0.05) is 23.5 Å². The van der Waals surface area contributed by atoms with E-state index in [-0.39, 0.29) is 5.91 Å². The second kappa shape index (κ2) is 6.77. The predicted molar refractivity (Wildman–Crippen MR) is 87.3 cm³/mol. The number of carbonyl (C=O) groups excluding carboxylic acids is 1. The Morgan fingerprint density at radius 1 is 1.09 bits per heavy atom. The van der Waals surface area contributed by atoms with Crippen LogP contribution in [0.15, 0.2) is 36.5 Å². The van der Waals surface area contributed by atoms with E-state index >= 15 is 0 Å². The molecule has 1 amide bonds. The third-order valence-electron chi connectivity index (χ3n) is 4.40. The number of amides is 1. The highest BCUT2D eigenvalue weighted by atomic mass is 16.1. The van der Waals surface area contributed by atoms with E-state index in [2.05, 4.69) is 10.4 Å². The number of benzene rings is 1. The van der Waals surface area contributed by atoms with E-state index < -0.39 is 0 Å². The summed E-state index contributed by atoms with van der Waals surface area (Å²) in [5.41, 5.74) is 2.78. The van der Waals surface area contributed by atoms with Gasteiger partial charge in [0.05, 0.1) is 5.69 Å². The molecule has 4 heteroatoms. The van der Waals surface area contributed by atoms with Crippen LogP contribution in [-0.4, -0.2) is 21.7 Å². The molecule has 0 aliphatic heterocycles. The first-order valence-corrected chi connectivity index (χ1v) is 8.16. The van der Waals surface area contributed by atoms with E-state index in [1.54, 1.807) is 6.20 Å². The number of hydrogen-bond acceptors (Lipinski definition) is 2. The average Bonchev–Trinajstić information content (AvgIpc) is 2.80. The van der Waals surface area contributed by atoms with Crippen molar-refractivity contribution in [3.05, 3.63) is 47.8 Å². The fourth-order valence-electron chi connectivity index (χ4n) is 3.09. The highest BCUT2D eigenvalue weighted by Gasteiger charge is 2.15. The average molecular weight is 297 g/mol. The zero-order chi connectivity index (χ0) is 15.4. The largest absolute Gasteiger partial charge is 0.349 e. The number of carbonyl (C=O) groups is 1. The van der Waals surface area contributed by atoms with Crippen molar-refractivity contribution in [1.29, 1.82) is 0 Å². The monoisotopic (exact) mass is 297 g/mol. The van der Waals surface area contributed by atoms with Crippen LogP contribution in [0, 0.1) is 6.92 Å². The quantitative estimate of drug-likeness (QED) is 0.879. The molecular weight excluding hydrogens is 274 g/mol. The molecule has 1 N–H and O–H groups in total. The van der Waals surface area contributed by atoms with Crippen LogP contribution in [0.2, 0.25) is 0 Å². The zero-order valence-electron chi connectivity index (χ0n) is 13.1. The third kappa shape index (κ3) is 3.38. The molecule has 1 fully saturated rings. The highest BCUT2D eigenvalue weighted by Crippen LogP contribution is 2.18. The Balaban J connectivity index is 1.67. The molecule has 3 rings (SSSR count). The minimum absolute atomic E-state index is 0.0376. The first-order chi connectivity index (χ1) is 10.7. The number of nitrogens with one attached hydrogen (secondary N) is 1. The van der Waals surface area contributed by atoms with Crippen molar-refractivity contribution in [3.8, 4) is 5.69 Å². The SMILES string of the molecule is Cc1ccnn1-c1ccc(C(=O)NC2CCCCCC2)cc1. The molecule has 1 aromatic carbocycles. The van der Waals surface area contributed by atoms with Crippen LogP contribution in [0.1, 0.15) is 54.6 Å². The van der Waals surface area contributed by atoms with Gasteiger partial charge in [-0.25, -0.2) is 4.68 Å². The van der Waals surface area contributed by atoms with Crippen molar-refractivity contribution in [2.45, 2.75) is 51.5 Å². The minimum Gasteiger partial charge on any atom is -0.349 e. The van der Waals surface area contributed by atoms with Gasteiger partial charge in [-0.1, -0.05) is 25.7 Å². The van der Waals surface area contributed by atoms with Gasteiger partial charge >= 0.3 is 0 Å². The molecule has 1 saturated carbocycles. The van der Waals surface area contributed by atoms with Crippen molar-refractivity contribution >= 4 is 5.91 Å². The van der Waals surface area contributed by atoms with E-state index in [4.69, 9.17) is 0 Å². The first kappa shape index (κ1) is 14.8. The Morgan fingerprint density at radius 3 is 2.36 bits per heavy atom. The summed E-state index contributed by atoms with van der Waals surface area (Å²) < 4.78 is 1.87. The van der Waals surface area contributed by atoms with Gasteiger partial charge in [-0.15, -0.1) is 0 Å². The van der Waals surface area contributed by atoms with Gasteiger partial charge in [0.1, 0.15) is 0 Å². The number of aromatic nitrogens is 2. The number of nitrogens with zero attached hydrogens (tertiary/aromatic N) is 2. The first-order valence-electron chi connectivity index (χ1n) is 8.16. The Morgan fingerprint density at radius 2 is 1.77 bits per heavy atom. The lowest BCUT2D eigenvalue weighted by molar-refractivity contribution is 0.0933. The van der Waals surface area contributed by atoms with Crippen LogP contribution in [0.4, 0.5) is 0 Å². The summed E-state index contributed by atoms with van der Waals surface area (Å²) in [6.07, 6.45) is 9.04. The van der Waals surface area contributed by atoms with Crippen LogP contribution in [0.5, 0.6) is 0 Å². The zero-order valence-corrected chi connectivity index (χ0v) is 13.1. The summed E-state index contributed by atoms with van der Waals surface area (Å²) >= 11 is 0. The van der Waals surface area contributed by atoms with E-state index in [1.807, 2.05) is 41.9 Å². The van der Waals surface area contributed by atoms with Crippen LogP contribution in [0.3, 0.4) is 0 Å². The van der Waals surface area contributed by atoms with Gasteiger partial charge in [0.15, 0.2) is 0 Å². The van der Waals surface area contributed by atoms with Gasteiger partial charge in [-0.3, -0.25) is 4.79 Å². The smallest absolute Gasteiger partial charge is 0.251 e. The third-order valence-corrected chi connectivity index (χ3v) is 4.40. The molecule has 0 unspecified atom stereocenters. The molecular formula is C18H23N3O. The maximum atomic E-state index is 12.4. The molecule has 0 bridgehead atoms. The standard InChI is InChI=1S/C18H23N3O/c1-14-12-13-19-21(14)17-10-8-15(9-11-17)18(22)20-16-6-4-2-3-5-7-16/h8-13,16H,2-7H2,1H3,(H,20,22). The predicted octanol–water partition coefficient (Wildman–Crippen LogP) is 3.63. The van der Waals surface area contributed by atoms with Crippen molar-refractivity contribution in [3.63, 3.8) is 0 Å². The van der Waals surface area contributed by atoms with Crippen molar-refractivity contribution in [1.82, 2.24) is 15.1 Å². The van der Waals surface area contributed by atoms with E-state index in [1.165, 1.54) is 25.7 Å². The molecule has 1 heterocycles. The Hall–Kier alpha value is -2.10. The van der Waals surface area contributed by atoms with Crippen LogP contribution >= 0.6 is 0 Å². The van der Waals surface area contributed by atoms with E-state index in [0.717, 1.165) is 29.8 Å². The van der Waals surface area contributed by atoms with Gasteiger partial charge in [-0.2, -0.15) is 5.10 Å². The summed E-state index contributed by atoms with van der Waals surface area (Å²) in [7, 11) is 0. The highest BCUT2D eigenvalue weighted by molar-refractivity contribution is 5.94. The second-order valence-electron chi connectivity index (χ2n) is 6.09. The molecule has 0 atom stereocenters. The topological polar surface area (TPSA) is 46.9 Å². The summed E-state index contributed by atoms with van der Waals surface area (Å²) in [5, 5.41) is 7.46. The molecule has 1 aliphatic rings. The summed E-state index contributed by atoms with van der Waals surface area (Å²) in [4.78, 5) is 12.4. The Labute approximate surface area is 131 Å². The molecule has 116 valence electrons. The molecule has 0 spiro atoms. The lowest BCUT2D eigenvalue weighted by atomic mass is 10.1. The van der Waals surface area contributed by atoms with Crippen LogP contribution in [-0.2, 0) is 0 Å². The van der Waals surface area contributed by atoms with Crippen molar-refractivity contribution in [2.75, 3.05) is 0 Å². The lowest BCUT2D eigenvalue weighted by Crippen LogP contribution is -2.34. The lowest BCUT2D eigenvalue weighted by Gasteiger charge is -2.16. The molecule has 22 heavy (non-hydrogen) atoms. The van der Waals surface area contributed by atoms with Gasteiger partial charge < -0.3 is 5.32 Å². The molecule has 2 aromatic rings. The van der Waals surface area contributed by atoms with Gasteiger partial charge in [0.25, 0.3) is 5.91 Å². The fraction of sp³-hybridized carbons (Fsp3) is 0.444. The molecule has 1 aliphatic carbocycles. The summed E-state index contributed by atoms with van der Waals surface area (Å²) in [5.74, 6) is 0.0376. The molecule has 0 radical (unpaired) electrons. The van der Waals surface area contributed by atoms with E-state index in [0.29, 0.717) is 6.04 Å².